The van der Waals surface area contributed by atoms with E-state index in [-0.39, 0.29) is 18.6 Å². The molecule has 0 radical (unpaired) electrons. The maximum atomic E-state index is 14.3. The number of halogens is 1. The molecule has 13 heteroatoms. The molecule has 58 heavy (non-hydrogen) atoms. The minimum Gasteiger partial charge on any atom is -0.484 e. The van der Waals surface area contributed by atoms with Crippen LogP contribution < -0.4 is 26.0 Å². The Morgan fingerprint density at radius 1 is 0.776 bits per heavy atom. The summed E-state index contributed by atoms with van der Waals surface area (Å²) in [7, 11) is 0. The van der Waals surface area contributed by atoms with Crippen LogP contribution in [-0.4, -0.2) is 70.5 Å². The second-order valence-corrected chi connectivity index (χ2v) is 13.3. The molecule has 0 aliphatic carbocycles. The van der Waals surface area contributed by atoms with Gasteiger partial charge in [0, 0.05) is 30.8 Å². The Morgan fingerprint density at radius 3 is 2.16 bits per heavy atom. The molecule has 3 heterocycles. The van der Waals surface area contributed by atoms with Crippen molar-refractivity contribution in [2.75, 3.05) is 6.61 Å². The first-order valence-electron chi connectivity index (χ1n) is 18.2. The van der Waals surface area contributed by atoms with Crippen LogP contribution in [0.25, 0.3) is 17.2 Å². The molecule has 292 valence electrons. The second-order valence-electron chi connectivity index (χ2n) is 13.3. The third kappa shape index (κ3) is 11.5. The lowest BCUT2D eigenvalue weighted by molar-refractivity contribution is -0.142. The Kier molecular flexibility index (Phi) is 13.4. The van der Waals surface area contributed by atoms with Crippen molar-refractivity contribution < 1.29 is 38.2 Å². The number of fused-ring (bicyclic) bond motifs is 16. The van der Waals surface area contributed by atoms with Gasteiger partial charge in [-0.1, -0.05) is 103 Å². The zero-order valence-electron chi connectivity index (χ0n) is 30.9. The molecule has 4 aromatic carbocycles. The maximum Gasteiger partial charge on any atom is 0.326 e. The minimum atomic E-state index is -1.46. The molecule has 0 saturated heterocycles. The number of hydrogen-bond acceptors (Lipinski definition) is 7. The highest BCUT2D eigenvalue weighted by Crippen LogP contribution is 2.20. The molecule has 4 atom stereocenters. The van der Waals surface area contributed by atoms with Crippen LogP contribution in [-0.2, 0) is 36.8 Å². The molecular formula is C45H38FN5O7. The average Bonchev–Trinajstić information content (AvgIpc) is 3.24. The molecule has 2 aliphatic heterocycles. The smallest absolute Gasteiger partial charge is 0.326 e. The number of carbonyl (C=O) groups is 5. The van der Waals surface area contributed by atoms with Crippen molar-refractivity contribution in [3.05, 3.63) is 162 Å². The van der Waals surface area contributed by atoms with E-state index in [0.717, 1.165) is 11.1 Å². The number of aliphatic carboxylic acids is 1. The summed E-state index contributed by atoms with van der Waals surface area (Å²) >= 11 is 0. The first-order chi connectivity index (χ1) is 28.1. The maximum absolute atomic E-state index is 14.3. The van der Waals surface area contributed by atoms with Gasteiger partial charge in [-0.3, -0.25) is 24.2 Å². The normalized spacial score (nSPS) is 19.1. The number of nitrogens with zero attached hydrogens (tertiary/aromatic N) is 1. The summed E-state index contributed by atoms with van der Waals surface area (Å²) in [5.41, 5.74) is 4.07. The Morgan fingerprint density at radius 2 is 1.47 bits per heavy atom. The molecule has 2 bridgehead atoms. The number of carboxylic acid groups (broad SMARTS) is 1. The van der Waals surface area contributed by atoms with Gasteiger partial charge in [0.1, 0.15) is 29.7 Å². The van der Waals surface area contributed by atoms with E-state index in [4.69, 9.17) is 4.74 Å². The van der Waals surface area contributed by atoms with Crippen molar-refractivity contribution in [3.8, 4) is 28.7 Å². The van der Waals surface area contributed by atoms with Crippen molar-refractivity contribution >= 4 is 35.7 Å². The molecule has 7 rings (SSSR count). The van der Waals surface area contributed by atoms with Crippen LogP contribution in [0.5, 0.6) is 5.75 Å². The fraction of sp³-hybridized carbons (Fsp3) is 0.156. The van der Waals surface area contributed by atoms with Crippen LogP contribution in [0.2, 0.25) is 0 Å². The SMILES string of the molecule is O=C1COc2ccc(cc2)C[C@@H](C(=O)O)NC(=O)[C@H](/C=C/c2ccc(F)cc2)NC(=O)[C@@H](Cc2ccc(-c3ccccc3)cc2)NC(=O)[C@H](C#Cc2ccncc2)N1. The third-order valence-electron chi connectivity index (χ3n) is 9.02. The van der Waals surface area contributed by atoms with Crippen LogP contribution in [0, 0.1) is 17.7 Å². The Labute approximate surface area is 333 Å². The summed E-state index contributed by atoms with van der Waals surface area (Å²) in [5.74, 6) is 0.936. The van der Waals surface area contributed by atoms with Gasteiger partial charge in [0.2, 0.25) is 11.8 Å². The Balaban J connectivity index is 1.37. The molecule has 4 amide bonds. The van der Waals surface area contributed by atoms with Gasteiger partial charge in [0.05, 0.1) is 0 Å². The number of aromatic nitrogens is 1. The molecule has 0 spiro atoms. The van der Waals surface area contributed by atoms with Gasteiger partial charge in [-0.25, -0.2) is 9.18 Å². The van der Waals surface area contributed by atoms with Gasteiger partial charge < -0.3 is 31.1 Å². The van der Waals surface area contributed by atoms with Gasteiger partial charge in [0.15, 0.2) is 12.6 Å². The molecule has 5 aromatic rings. The number of nitrogens with one attached hydrogen (secondary N) is 4. The van der Waals surface area contributed by atoms with Crippen LogP contribution in [0.15, 0.2) is 134 Å². The number of amides is 4. The first-order valence-corrected chi connectivity index (χ1v) is 18.2. The zero-order chi connectivity index (χ0) is 40.9. The number of pyridine rings is 1. The molecule has 2 aliphatic rings. The van der Waals surface area contributed by atoms with Gasteiger partial charge in [0.25, 0.3) is 11.8 Å². The van der Waals surface area contributed by atoms with E-state index >= 15 is 0 Å². The Bertz CT molecular complexity index is 2330. The molecule has 0 fully saturated rings. The van der Waals surface area contributed by atoms with Gasteiger partial charge in [-0.15, -0.1) is 0 Å². The predicted molar refractivity (Wildman–Crippen MR) is 213 cm³/mol. The van der Waals surface area contributed by atoms with Gasteiger partial charge in [-0.2, -0.15) is 0 Å². The van der Waals surface area contributed by atoms with Gasteiger partial charge in [-0.05, 0) is 64.2 Å². The lowest BCUT2D eigenvalue weighted by Crippen LogP contribution is -2.58. The predicted octanol–water partition coefficient (Wildman–Crippen LogP) is 3.85. The summed E-state index contributed by atoms with van der Waals surface area (Å²) in [6.07, 6.45) is 5.67. The van der Waals surface area contributed by atoms with Crippen LogP contribution in [0.4, 0.5) is 4.39 Å². The summed E-state index contributed by atoms with van der Waals surface area (Å²) in [5, 5.41) is 20.5. The van der Waals surface area contributed by atoms with Crippen LogP contribution in [0.1, 0.15) is 22.3 Å². The number of benzene rings is 4. The third-order valence-corrected chi connectivity index (χ3v) is 9.02. The summed E-state index contributed by atoms with van der Waals surface area (Å²) in [6.45, 7) is -0.492. The number of rotatable bonds is 6. The highest BCUT2D eigenvalue weighted by molar-refractivity contribution is 5.97. The molecule has 5 N–H and O–H groups in total. The molecular weight excluding hydrogens is 742 g/mol. The average molecular weight is 780 g/mol. The number of carboxylic acids is 1. The van der Waals surface area contributed by atoms with E-state index in [9.17, 15) is 33.5 Å². The van der Waals surface area contributed by atoms with E-state index < -0.39 is 66.2 Å². The van der Waals surface area contributed by atoms with Gasteiger partial charge >= 0.3 is 5.97 Å². The van der Waals surface area contributed by atoms with Crippen molar-refractivity contribution in [1.29, 1.82) is 0 Å². The van der Waals surface area contributed by atoms with E-state index in [1.165, 1.54) is 60.9 Å². The van der Waals surface area contributed by atoms with E-state index in [1.54, 1.807) is 36.4 Å². The topological polar surface area (TPSA) is 176 Å². The molecule has 0 unspecified atom stereocenters. The van der Waals surface area contributed by atoms with E-state index in [0.29, 0.717) is 22.3 Å². The standard InChI is InChI=1S/C45H38FN5O7/c46-35-16-8-29(9-17-35)12-21-38-43(54)51-40(45(56)57)27-32-10-18-36(19-11-32)58-28-41(52)48-37(20-13-30-22-24-47-25-23-30)42(53)50-39(44(55)49-38)26-31-6-14-34(15-7-31)33-4-2-1-3-5-33/h1-12,14-19,21-25,37-40H,26-28H2,(H,48,52)(H,49,55)(H,50,53)(H,51,54)(H,56,57)/b21-12+/t37-,38-,39+,40-/m0/s1. The largest absolute Gasteiger partial charge is 0.484 e. The van der Waals surface area contributed by atoms with Crippen LogP contribution >= 0.6 is 0 Å². The lowest BCUT2D eigenvalue weighted by atomic mass is 9.99. The first kappa shape index (κ1) is 40.1. The monoisotopic (exact) mass is 779 g/mol. The number of carbonyl (C=O) groups excluding carboxylic acids is 4. The number of hydrogen-bond donors (Lipinski definition) is 5. The van der Waals surface area contributed by atoms with Crippen molar-refractivity contribution in [1.82, 2.24) is 26.3 Å². The fourth-order valence-electron chi connectivity index (χ4n) is 5.93. The lowest BCUT2D eigenvalue weighted by Gasteiger charge is -2.24. The quantitative estimate of drug-likeness (QED) is 0.128. The second kappa shape index (κ2) is 19.3. The Hall–Kier alpha value is -7.59. The molecule has 12 nitrogen and oxygen atoms in total. The van der Waals surface area contributed by atoms with Crippen LogP contribution in [0.3, 0.4) is 0 Å². The number of ether oxygens (including phenoxy) is 1. The molecule has 0 saturated carbocycles. The van der Waals surface area contributed by atoms with Crippen molar-refractivity contribution in [2.24, 2.45) is 0 Å². The summed E-state index contributed by atoms with van der Waals surface area (Å²) in [4.78, 5) is 71.8. The summed E-state index contributed by atoms with van der Waals surface area (Å²) in [6, 6.07) is 26.2. The van der Waals surface area contributed by atoms with E-state index in [1.807, 2.05) is 42.5 Å². The van der Waals surface area contributed by atoms with Crippen molar-refractivity contribution in [2.45, 2.75) is 37.0 Å². The van der Waals surface area contributed by atoms with Crippen molar-refractivity contribution in [3.63, 3.8) is 0 Å². The highest BCUT2D eigenvalue weighted by Gasteiger charge is 2.31. The molecule has 1 aromatic heterocycles. The van der Waals surface area contributed by atoms with E-state index in [2.05, 4.69) is 38.1 Å². The zero-order valence-corrected chi connectivity index (χ0v) is 30.9. The minimum absolute atomic E-state index is 0.0596. The fourth-order valence-corrected chi connectivity index (χ4v) is 5.93. The summed E-state index contributed by atoms with van der Waals surface area (Å²) < 4.78 is 19.3. The highest BCUT2D eigenvalue weighted by atomic mass is 19.1.